The van der Waals surface area contributed by atoms with E-state index in [2.05, 4.69) is 5.32 Å². The third kappa shape index (κ3) is 3.34. The van der Waals surface area contributed by atoms with Gasteiger partial charge in [-0.2, -0.15) is 0 Å². The predicted molar refractivity (Wildman–Crippen MR) is 59.2 cm³/mol. The minimum atomic E-state index is -0.192. The van der Waals surface area contributed by atoms with Crippen molar-refractivity contribution < 1.29 is 9.90 Å². The summed E-state index contributed by atoms with van der Waals surface area (Å²) in [6.07, 6.45) is 0. The van der Waals surface area contributed by atoms with Gasteiger partial charge in [-0.15, -0.1) is 0 Å². The number of aliphatic hydroxyl groups excluding tert-OH is 1. The van der Waals surface area contributed by atoms with Crippen LogP contribution < -0.4 is 11.1 Å². The molecule has 0 heterocycles. The van der Waals surface area contributed by atoms with Crippen LogP contribution >= 0.6 is 0 Å². The first-order valence-electron chi connectivity index (χ1n) is 4.88. The molecule has 0 aliphatic heterocycles. The molecule has 0 aromatic heterocycles. The van der Waals surface area contributed by atoms with Crippen molar-refractivity contribution in [3.63, 3.8) is 0 Å². The Kier molecular flexibility index (Phi) is 4.27. The molecule has 1 unspecified atom stereocenters. The molecule has 4 N–H and O–H groups in total. The molecule has 1 aromatic rings. The summed E-state index contributed by atoms with van der Waals surface area (Å²) >= 11 is 0. The van der Waals surface area contributed by atoms with E-state index in [1.54, 1.807) is 31.2 Å². The van der Waals surface area contributed by atoms with Gasteiger partial charge in [0, 0.05) is 18.2 Å². The fourth-order valence-electron chi connectivity index (χ4n) is 1.07. The van der Waals surface area contributed by atoms with Crippen molar-refractivity contribution in [1.29, 1.82) is 0 Å². The summed E-state index contributed by atoms with van der Waals surface area (Å²) in [5, 5.41) is 11.6. The lowest BCUT2D eigenvalue weighted by Crippen LogP contribution is -2.26. The molecule has 0 saturated carbocycles. The maximum Gasteiger partial charge on any atom is 0.228 e. The second-order valence-corrected chi connectivity index (χ2v) is 3.48. The number of hydrogen-bond donors (Lipinski definition) is 3. The predicted octanol–water partition coefficient (Wildman–Crippen LogP) is 0.712. The third-order valence-corrected chi connectivity index (χ3v) is 2.21. The van der Waals surface area contributed by atoms with E-state index in [1.165, 1.54) is 0 Å². The molecule has 82 valence electrons. The van der Waals surface area contributed by atoms with Gasteiger partial charge in [-0.05, 0) is 17.7 Å². The highest BCUT2D eigenvalue weighted by Crippen LogP contribution is 2.10. The van der Waals surface area contributed by atoms with Gasteiger partial charge in [-0.3, -0.25) is 4.79 Å². The van der Waals surface area contributed by atoms with Crippen molar-refractivity contribution >= 4 is 11.6 Å². The van der Waals surface area contributed by atoms with Gasteiger partial charge in [-0.1, -0.05) is 19.1 Å². The minimum absolute atomic E-state index is 0.00737. The van der Waals surface area contributed by atoms with Gasteiger partial charge in [0.1, 0.15) is 0 Å². The quantitative estimate of drug-likeness (QED) is 0.682. The lowest BCUT2D eigenvalue weighted by atomic mass is 10.1. The lowest BCUT2D eigenvalue weighted by Gasteiger charge is -2.09. The Morgan fingerprint density at radius 1 is 1.47 bits per heavy atom. The molecule has 0 aliphatic carbocycles. The molecule has 4 heteroatoms. The first-order valence-corrected chi connectivity index (χ1v) is 4.88. The van der Waals surface area contributed by atoms with Gasteiger partial charge >= 0.3 is 0 Å². The Balaban J connectivity index is 2.61. The van der Waals surface area contributed by atoms with E-state index in [0.29, 0.717) is 6.54 Å². The average molecular weight is 208 g/mol. The zero-order valence-corrected chi connectivity index (χ0v) is 8.73. The van der Waals surface area contributed by atoms with Crippen molar-refractivity contribution in [2.24, 2.45) is 11.7 Å². The number of carbonyl (C=O) groups is 1. The summed E-state index contributed by atoms with van der Waals surface area (Å²) in [5.74, 6) is -0.281. The molecule has 0 spiro atoms. The summed E-state index contributed by atoms with van der Waals surface area (Å²) in [7, 11) is 0. The molecule has 1 atom stereocenters. The van der Waals surface area contributed by atoms with Crippen LogP contribution in [0.4, 0.5) is 5.69 Å². The van der Waals surface area contributed by atoms with E-state index in [0.717, 1.165) is 11.3 Å². The van der Waals surface area contributed by atoms with Crippen molar-refractivity contribution in [1.82, 2.24) is 0 Å². The SMILES string of the molecule is CC(CN)C(=O)Nc1ccc(CO)cc1. The van der Waals surface area contributed by atoms with E-state index in [1.807, 2.05) is 0 Å². The Hall–Kier alpha value is -1.39. The highest BCUT2D eigenvalue weighted by Gasteiger charge is 2.10. The fourth-order valence-corrected chi connectivity index (χ4v) is 1.07. The van der Waals surface area contributed by atoms with Crippen molar-refractivity contribution in [3.8, 4) is 0 Å². The second kappa shape index (κ2) is 5.48. The number of benzene rings is 1. The Morgan fingerprint density at radius 3 is 2.53 bits per heavy atom. The average Bonchev–Trinajstić information content (AvgIpc) is 2.29. The molecule has 0 bridgehead atoms. The summed E-state index contributed by atoms with van der Waals surface area (Å²) in [6, 6.07) is 7.05. The number of carbonyl (C=O) groups excluding carboxylic acids is 1. The van der Waals surface area contributed by atoms with E-state index in [9.17, 15) is 4.79 Å². The first kappa shape index (κ1) is 11.7. The smallest absolute Gasteiger partial charge is 0.228 e. The maximum atomic E-state index is 11.5. The van der Waals surface area contributed by atoms with Crippen LogP contribution in [0.2, 0.25) is 0 Å². The Labute approximate surface area is 89.1 Å². The number of rotatable bonds is 4. The van der Waals surface area contributed by atoms with E-state index < -0.39 is 0 Å². The van der Waals surface area contributed by atoms with Crippen LogP contribution in [-0.2, 0) is 11.4 Å². The third-order valence-electron chi connectivity index (χ3n) is 2.21. The van der Waals surface area contributed by atoms with Crippen LogP contribution in [-0.4, -0.2) is 17.6 Å². The molecular formula is C11H16N2O2. The Bertz CT molecular complexity index is 322. The lowest BCUT2D eigenvalue weighted by molar-refractivity contribution is -0.119. The van der Waals surface area contributed by atoms with E-state index in [-0.39, 0.29) is 18.4 Å². The molecule has 0 saturated heterocycles. The van der Waals surface area contributed by atoms with Gasteiger partial charge < -0.3 is 16.2 Å². The number of anilines is 1. The van der Waals surface area contributed by atoms with Gasteiger partial charge in [0.2, 0.25) is 5.91 Å². The van der Waals surface area contributed by atoms with Gasteiger partial charge in [0.05, 0.1) is 6.61 Å². The van der Waals surface area contributed by atoms with Crippen LogP contribution in [0.25, 0.3) is 0 Å². The molecule has 15 heavy (non-hydrogen) atoms. The number of hydrogen-bond acceptors (Lipinski definition) is 3. The van der Waals surface area contributed by atoms with Gasteiger partial charge in [-0.25, -0.2) is 0 Å². The first-order chi connectivity index (χ1) is 7.17. The second-order valence-electron chi connectivity index (χ2n) is 3.48. The zero-order chi connectivity index (χ0) is 11.3. The molecule has 0 radical (unpaired) electrons. The molecule has 4 nitrogen and oxygen atoms in total. The van der Waals surface area contributed by atoms with Crippen LogP contribution in [0, 0.1) is 5.92 Å². The van der Waals surface area contributed by atoms with E-state index in [4.69, 9.17) is 10.8 Å². The summed E-state index contributed by atoms with van der Waals surface area (Å²) in [6.45, 7) is 2.12. The number of aliphatic hydroxyl groups is 1. The highest BCUT2D eigenvalue weighted by molar-refractivity contribution is 5.92. The minimum Gasteiger partial charge on any atom is -0.392 e. The number of nitrogens with two attached hydrogens (primary N) is 1. The summed E-state index contributed by atoms with van der Waals surface area (Å²) in [5.41, 5.74) is 6.92. The van der Waals surface area contributed by atoms with Gasteiger partial charge in [0.25, 0.3) is 0 Å². The molecular weight excluding hydrogens is 192 g/mol. The Morgan fingerprint density at radius 2 is 2.07 bits per heavy atom. The summed E-state index contributed by atoms with van der Waals surface area (Å²) in [4.78, 5) is 11.5. The topological polar surface area (TPSA) is 75.4 Å². The van der Waals surface area contributed by atoms with Crippen molar-refractivity contribution in [2.75, 3.05) is 11.9 Å². The van der Waals surface area contributed by atoms with Gasteiger partial charge in [0.15, 0.2) is 0 Å². The summed E-state index contributed by atoms with van der Waals surface area (Å²) < 4.78 is 0. The fraction of sp³-hybridized carbons (Fsp3) is 0.364. The standard InChI is InChI=1S/C11H16N2O2/c1-8(6-12)11(15)13-10-4-2-9(7-14)3-5-10/h2-5,8,14H,6-7,12H2,1H3,(H,13,15). The van der Waals surface area contributed by atoms with Crippen molar-refractivity contribution in [3.05, 3.63) is 29.8 Å². The molecule has 1 rings (SSSR count). The highest BCUT2D eigenvalue weighted by atomic mass is 16.3. The largest absolute Gasteiger partial charge is 0.392 e. The monoisotopic (exact) mass is 208 g/mol. The van der Waals surface area contributed by atoms with E-state index >= 15 is 0 Å². The van der Waals surface area contributed by atoms with Crippen molar-refractivity contribution in [2.45, 2.75) is 13.5 Å². The molecule has 0 fully saturated rings. The van der Waals surface area contributed by atoms with Crippen LogP contribution in [0.1, 0.15) is 12.5 Å². The molecule has 0 aliphatic rings. The molecule has 1 aromatic carbocycles. The molecule has 1 amide bonds. The number of nitrogens with one attached hydrogen (secondary N) is 1. The van der Waals surface area contributed by atoms with Crippen LogP contribution in [0.15, 0.2) is 24.3 Å². The zero-order valence-electron chi connectivity index (χ0n) is 8.73. The van der Waals surface area contributed by atoms with Crippen LogP contribution in [0.5, 0.6) is 0 Å². The van der Waals surface area contributed by atoms with Crippen LogP contribution in [0.3, 0.4) is 0 Å². The number of amides is 1. The normalized spacial score (nSPS) is 12.2. The maximum absolute atomic E-state index is 11.5.